The third-order valence-electron chi connectivity index (χ3n) is 1.77. The quantitative estimate of drug-likeness (QED) is 0.836. The maximum absolute atomic E-state index is 13.3. The van der Waals surface area contributed by atoms with E-state index in [1.807, 2.05) is 0 Å². The first-order chi connectivity index (χ1) is 7.73. The van der Waals surface area contributed by atoms with Crippen molar-refractivity contribution < 1.29 is 26.7 Å². The first-order valence-corrected chi connectivity index (χ1v) is 4.38. The van der Waals surface area contributed by atoms with E-state index in [2.05, 4.69) is 4.98 Å². The second-order valence-corrected chi connectivity index (χ2v) is 3.10. The minimum atomic E-state index is -5.18. The van der Waals surface area contributed by atoms with Crippen LogP contribution in [0.15, 0.2) is 24.4 Å². The number of hydrogen-bond donors (Lipinski definition) is 1. The fraction of sp³-hybridized carbons (Fsp3) is 0.333. The van der Waals surface area contributed by atoms with Crippen molar-refractivity contribution in [3.63, 3.8) is 0 Å². The van der Waals surface area contributed by atoms with Crippen molar-refractivity contribution >= 4 is 5.91 Å². The van der Waals surface area contributed by atoms with E-state index in [1.165, 1.54) is 12.1 Å². The van der Waals surface area contributed by atoms with Gasteiger partial charge in [0.2, 0.25) is 0 Å². The molecule has 1 aromatic heterocycles. The summed E-state index contributed by atoms with van der Waals surface area (Å²) in [6.45, 7) is -1.46. The molecule has 94 valence electrons. The molecule has 0 saturated heterocycles. The van der Waals surface area contributed by atoms with E-state index in [-0.39, 0.29) is 0 Å². The highest BCUT2D eigenvalue weighted by molar-refractivity contribution is 5.81. The molecule has 1 amide bonds. The Balaban J connectivity index is 2.66. The van der Waals surface area contributed by atoms with Crippen LogP contribution in [0.1, 0.15) is 5.69 Å². The molecule has 1 heterocycles. The fourth-order valence-electron chi connectivity index (χ4n) is 0.961. The third-order valence-corrected chi connectivity index (χ3v) is 1.77. The number of nitrogens with zero attached hydrogens (tertiary/aromatic N) is 1. The molecule has 0 spiro atoms. The van der Waals surface area contributed by atoms with E-state index < -0.39 is 30.2 Å². The fourth-order valence-corrected chi connectivity index (χ4v) is 0.961. The number of halogens is 5. The summed E-state index contributed by atoms with van der Waals surface area (Å²) in [5.74, 6) is -6.06. The molecule has 0 fully saturated rings. The van der Waals surface area contributed by atoms with Crippen molar-refractivity contribution in [3.05, 3.63) is 30.1 Å². The highest BCUT2D eigenvalue weighted by Gasteiger charge is 2.41. The smallest absolute Gasteiger partial charge is 0.342 e. The lowest BCUT2D eigenvalue weighted by Gasteiger charge is -2.16. The van der Waals surface area contributed by atoms with Gasteiger partial charge in [-0.2, -0.15) is 22.0 Å². The molecule has 3 nitrogen and oxygen atoms in total. The van der Waals surface area contributed by atoms with Crippen LogP contribution in [0.3, 0.4) is 0 Å². The van der Waals surface area contributed by atoms with Crippen molar-refractivity contribution in [1.82, 2.24) is 10.3 Å². The summed E-state index contributed by atoms with van der Waals surface area (Å²) in [5.41, 5.74) is -0.706. The lowest BCUT2D eigenvalue weighted by atomic mass is 10.2. The minimum Gasteiger partial charge on any atom is -0.342 e. The van der Waals surface area contributed by atoms with Crippen LogP contribution in [0.25, 0.3) is 0 Å². The number of carbonyl (C=O) groups is 1. The van der Waals surface area contributed by atoms with Gasteiger partial charge in [0.25, 0.3) is 0 Å². The summed E-state index contributed by atoms with van der Waals surface area (Å²) in [5, 5.41) is 1.11. The standard InChI is InChI=1S/C9H7F5N2O/c10-8(11,6-3-1-2-4-15-6)5-16-7(17)9(12,13)14/h1-4H,5H2,(H,16,17). The third kappa shape index (κ3) is 3.65. The molecular formula is C9H7F5N2O. The second kappa shape index (κ2) is 4.64. The number of pyridine rings is 1. The van der Waals surface area contributed by atoms with Crippen LogP contribution in [-0.2, 0) is 10.7 Å². The molecule has 1 rings (SSSR count). The number of rotatable bonds is 3. The molecule has 0 saturated carbocycles. The highest BCUT2D eigenvalue weighted by Crippen LogP contribution is 2.25. The van der Waals surface area contributed by atoms with Crippen molar-refractivity contribution in [1.29, 1.82) is 0 Å². The molecule has 0 bridgehead atoms. The first-order valence-electron chi connectivity index (χ1n) is 4.38. The Bertz CT molecular complexity index is 390. The van der Waals surface area contributed by atoms with Gasteiger partial charge in [-0.05, 0) is 12.1 Å². The van der Waals surface area contributed by atoms with Crippen molar-refractivity contribution in [2.45, 2.75) is 12.1 Å². The summed E-state index contributed by atoms with van der Waals surface area (Å²) < 4.78 is 61.8. The summed E-state index contributed by atoms with van der Waals surface area (Å²) in [6, 6.07) is 3.61. The molecule has 1 N–H and O–H groups in total. The SMILES string of the molecule is O=C(NCC(F)(F)c1ccccn1)C(F)(F)F. The summed E-state index contributed by atoms with van der Waals surface area (Å²) in [4.78, 5) is 13.7. The summed E-state index contributed by atoms with van der Waals surface area (Å²) in [7, 11) is 0. The predicted molar refractivity (Wildman–Crippen MR) is 47.2 cm³/mol. The van der Waals surface area contributed by atoms with Gasteiger partial charge >= 0.3 is 18.0 Å². The average molecular weight is 254 g/mol. The zero-order valence-electron chi connectivity index (χ0n) is 8.26. The average Bonchev–Trinajstić information content (AvgIpc) is 2.26. The Hall–Kier alpha value is -1.73. The lowest BCUT2D eigenvalue weighted by molar-refractivity contribution is -0.175. The van der Waals surface area contributed by atoms with E-state index in [0.717, 1.165) is 17.6 Å². The van der Waals surface area contributed by atoms with E-state index in [1.54, 1.807) is 0 Å². The number of aromatic nitrogens is 1. The van der Waals surface area contributed by atoms with Gasteiger partial charge < -0.3 is 5.32 Å². The number of hydrogen-bond acceptors (Lipinski definition) is 2. The Labute approximate surface area is 92.6 Å². The monoisotopic (exact) mass is 254 g/mol. The largest absolute Gasteiger partial charge is 0.471 e. The molecule has 0 aromatic carbocycles. The van der Waals surface area contributed by atoms with E-state index in [4.69, 9.17) is 0 Å². The second-order valence-electron chi connectivity index (χ2n) is 3.10. The Kier molecular flexibility index (Phi) is 3.64. The van der Waals surface area contributed by atoms with Gasteiger partial charge in [0.05, 0.1) is 6.54 Å². The van der Waals surface area contributed by atoms with E-state index >= 15 is 0 Å². The number of alkyl halides is 5. The van der Waals surface area contributed by atoms with Gasteiger partial charge in [0.1, 0.15) is 5.69 Å². The number of amides is 1. The zero-order valence-corrected chi connectivity index (χ0v) is 8.26. The molecule has 0 aliphatic carbocycles. The van der Waals surface area contributed by atoms with Crippen LogP contribution in [-0.4, -0.2) is 23.6 Å². The van der Waals surface area contributed by atoms with Crippen molar-refractivity contribution in [2.24, 2.45) is 0 Å². The van der Waals surface area contributed by atoms with Crippen LogP contribution < -0.4 is 5.32 Å². The topological polar surface area (TPSA) is 42.0 Å². The predicted octanol–water partition coefficient (Wildman–Crippen LogP) is 1.85. The Morgan fingerprint density at radius 2 is 1.88 bits per heavy atom. The van der Waals surface area contributed by atoms with Gasteiger partial charge in [-0.25, -0.2) is 0 Å². The van der Waals surface area contributed by atoms with Crippen LogP contribution in [0, 0.1) is 0 Å². The van der Waals surface area contributed by atoms with Crippen LogP contribution in [0.2, 0.25) is 0 Å². The van der Waals surface area contributed by atoms with Gasteiger partial charge in [-0.15, -0.1) is 0 Å². The zero-order chi connectivity index (χ0) is 13.1. The van der Waals surface area contributed by atoms with Crippen molar-refractivity contribution in [2.75, 3.05) is 6.54 Å². The van der Waals surface area contributed by atoms with E-state index in [0.29, 0.717) is 0 Å². The van der Waals surface area contributed by atoms with Gasteiger partial charge in [0, 0.05) is 6.20 Å². The normalized spacial score (nSPS) is 12.3. The molecule has 0 unspecified atom stereocenters. The first kappa shape index (κ1) is 13.3. The summed E-state index contributed by atoms with van der Waals surface area (Å²) in [6.07, 6.45) is -4.10. The van der Waals surface area contributed by atoms with Crippen LogP contribution in [0.5, 0.6) is 0 Å². The van der Waals surface area contributed by atoms with Gasteiger partial charge in [-0.1, -0.05) is 6.07 Å². The Morgan fingerprint density at radius 3 is 2.35 bits per heavy atom. The number of carbonyl (C=O) groups excluding carboxylic acids is 1. The van der Waals surface area contributed by atoms with Crippen LogP contribution >= 0.6 is 0 Å². The van der Waals surface area contributed by atoms with Crippen LogP contribution in [0.4, 0.5) is 22.0 Å². The molecule has 8 heteroatoms. The summed E-state index contributed by atoms with van der Waals surface area (Å²) >= 11 is 0. The van der Waals surface area contributed by atoms with Gasteiger partial charge in [0.15, 0.2) is 0 Å². The Morgan fingerprint density at radius 1 is 1.24 bits per heavy atom. The molecule has 0 aliphatic rings. The molecule has 1 aromatic rings. The molecular weight excluding hydrogens is 247 g/mol. The maximum atomic E-state index is 13.3. The molecule has 17 heavy (non-hydrogen) atoms. The minimum absolute atomic E-state index is 0.706. The maximum Gasteiger partial charge on any atom is 0.471 e. The molecule has 0 radical (unpaired) electrons. The van der Waals surface area contributed by atoms with Crippen molar-refractivity contribution in [3.8, 4) is 0 Å². The van der Waals surface area contributed by atoms with E-state index in [9.17, 15) is 26.7 Å². The van der Waals surface area contributed by atoms with Gasteiger partial charge in [-0.3, -0.25) is 9.78 Å². The lowest BCUT2D eigenvalue weighted by Crippen LogP contribution is -2.42. The number of nitrogens with one attached hydrogen (secondary N) is 1. The highest BCUT2D eigenvalue weighted by atomic mass is 19.4. The molecule has 0 aliphatic heterocycles. The molecule has 0 atom stereocenters.